The minimum absolute atomic E-state index is 0.0428. The first-order valence-electron chi connectivity index (χ1n) is 4.98. The Morgan fingerprint density at radius 3 is 2.60 bits per heavy atom. The molecular weight excluding hydrogens is 195 g/mol. The molecule has 1 rings (SSSR count). The van der Waals surface area contributed by atoms with Crippen LogP contribution in [0.1, 0.15) is 31.7 Å². The first-order chi connectivity index (χ1) is 7.00. The molecule has 0 bridgehead atoms. The average molecular weight is 210 g/mol. The van der Waals surface area contributed by atoms with Gasteiger partial charge in [0.15, 0.2) is 0 Å². The van der Waals surface area contributed by atoms with Crippen LogP contribution >= 0.6 is 0 Å². The largest absolute Gasteiger partial charge is 0.481 e. The summed E-state index contributed by atoms with van der Waals surface area (Å²) in [6, 6.07) is 6.16. The Labute approximate surface area is 88.7 Å². The van der Waals surface area contributed by atoms with Gasteiger partial charge in [-0.2, -0.15) is 0 Å². The molecule has 2 nitrogen and oxygen atoms in total. The van der Waals surface area contributed by atoms with Gasteiger partial charge >= 0.3 is 5.97 Å². The quantitative estimate of drug-likeness (QED) is 0.829. The topological polar surface area (TPSA) is 37.3 Å². The second-order valence-electron chi connectivity index (χ2n) is 4.00. The van der Waals surface area contributed by atoms with Gasteiger partial charge in [0.1, 0.15) is 5.82 Å². The number of halogens is 1. The van der Waals surface area contributed by atoms with E-state index in [-0.39, 0.29) is 24.1 Å². The van der Waals surface area contributed by atoms with Crippen LogP contribution in [-0.4, -0.2) is 11.1 Å². The highest BCUT2D eigenvalue weighted by Crippen LogP contribution is 2.28. The molecule has 1 unspecified atom stereocenters. The fraction of sp³-hybridized carbons (Fsp3) is 0.417. The maximum atomic E-state index is 13.0. The van der Waals surface area contributed by atoms with E-state index in [4.69, 9.17) is 5.11 Å². The summed E-state index contributed by atoms with van der Waals surface area (Å²) in [5.41, 5.74) is 0.757. The molecule has 1 aromatic carbocycles. The molecule has 1 aromatic rings. The molecule has 0 saturated heterocycles. The van der Waals surface area contributed by atoms with Crippen LogP contribution in [0, 0.1) is 11.7 Å². The van der Waals surface area contributed by atoms with Gasteiger partial charge in [-0.05, 0) is 29.5 Å². The smallest absolute Gasteiger partial charge is 0.303 e. The zero-order chi connectivity index (χ0) is 11.4. The molecular formula is C12H15FO2. The summed E-state index contributed by atoms with van der Waals surface area (Å²) in [7, 11) is 0. The molecule has 0 aliphatic carbocycles. The van der Waals surface area contributed by atoms with Gasteiger partial charge in [0.25, 0.3) is 0 Å². The van der Waals surface area contributed by atoms with Crippen LogP contribution in [0.5, 0.6) is 0 Å². The molecule has 0 aromatic heterocycles. The van der Waals surface area contributed by atoms with Crippen molar-refractivity contribution >= 4 is 5.97 Å². The van der Waals surface area contributed by atoms with Gasteiger partial charge in [-0.3, -0.25) is 4.79 Å². The van der Waals surface area contributed by atoms with Crippen molar-refractivity contribution in [1.82, 2.24) is 0 Å². The minimum Gasteiger partial charge on any atom is -0.481 e. The van der Waals surface area contributed by atoms with Crippen molar-refractivity contribution in [3.8, 4) is 0 Å². The zero-order valence-corrected chi connectivity index (χ0v) is 8.90. The lowest BCUT2D eigenvalue weighted by Crippen LogP contribution is -2.12. The maximum absolute atomic E-state index is 13.0. The molecule has 0 saturated carbocycles. The summed E-state index contributed by atoms with van der Waals surface area (Å²) < 4.78 is 13.0. The molecule has 0 heterocycles. The summed E-state index contributed by atoms with van der Waals surface area (Å²) in [4.78, 5) is 10.7. The molecule has 3 heteroatoms. The maximum Gasteiger partial charge on any atom is 0.303 e. The fourth-order valence-corrected chi connectivity index (χ4v) is 1.66. The normalized spacial score (nSPS) is 12.8. The van der Waals surface area contributed by atoms with E-state index in [1.54, 1.807) is 12.1 Å². The van der Waals surface area contributed by atoms with E-state index in [9.17, 15) is 9.18 Å². The Bertz CT molecular complexity index is 347. The number of carboxylic acids is 1. The van der Waals surface area contributed by atoms with Gasteiger partial charge in [-0.15, -0.1) is 0 Å². The van der Waals surface area contributed by atoms with Gasteiger partial charge in [-0.1, -0.05) is 26.0 Å². The summed E-state index contributed by atoms with van der Waals surface area (Å²) >= 11 is 0. The van der Waals surface area contributed by atoms with Crippen molar-refractivity contribution in [3.05, 3.63) is 35.6 Å². The molecule has 0 aliphatic rings. The van der Waals surface area contributed by atoms with Gasteiger partial charge in [0, 0.05) is 0 Å². The van der Waals surface area contributed by atoms with Crippen molar-refractivity contribution in [2.45, 2.75) is 26.2 Å². The first kappa shape index (κ1) is 11.7. The highest BCUT2D eigenvalue weighted by Gasteiger charge is 2.19. The standard InChI is InChI=1S/C12H15FO2/c1-8(2)11(7-12(14)15)9-4-3-5-10(13)6-9/h3-6,8,11H,7H2,1-2H3,(H,14,15). The Balaban J connectivity index is 2.93. The molecule has 0 radical (unpaired) electrons. The van der Waals surface area contributed by atoms with E-state index >= 15 is 0 Å². The van der Waals surface area contributed by atoms with Crippen molar-refractivity contribution in [1.29, 1.82) is 0 Å². The number of hydrogen-bond donors (Lipinski definition) is 1. The lowest BCUT2D eigenvalue weighted by molar-refractivity contribution is -0.137. The number of carbonyl (C=O) groups is 1. The Kier molecular flexibility index (Phi) is 3.83. The third-order valence-electron chi connectivity index (χ3n) is 2.48. The van der Waals surface area contributed by atoms with Gasteiger partial charge in [0.05, 0.1) is 6.42 Å². The average Bonchev–Trinajstić information content (AvgIpc) is 2.13. The first-order valence-corrected chi connectivity index (χ1v) is 4.98. The van der Waals surface area contributed by atoms with Crippen LogP contribution in [0.4, 0.5) is 4.39 Å². The van der Waals surface area contributed by atoms with E-state index < -0.39 is 5.97 Å². The SMILES string of the molecule is CC(C)C(CC(=O)O)c1cccc(F)c1. The van der Waals surface area contributed by atoms with Crippen LogP contribution in [0.3, 0.4) is 0 Å². The highest BCUT2D eigenvalue weighted by atomic mass is 19.1. The van der Waals surface area contributed by atoms with Crippen LogP contribution in [-0.2, 0) is 4.79 Å². The molecule has 0 spiro atoms. The van der Waals surface area contributed by atoms with Crippen molar-refractivity contribution in [2.24, 2.45) is 5.92 Å². The van der Waals surface area contributed by atoms with Gasteiger partial charge in [0.2, 0.25) is 0 Å². The van der Waals surface area contributed by atoms with E-state index in [1.165, 1.54) is 12.1 Å². The Morgan fingerprint density at radius 2 is 2.13 bits per heavy atom. The Morgan fingerprint density at radius 1 is 1.47 bits per heavy atom. The number of carboxylic acid groups (broad SMARTS) is 1. The van der Waals surface area contributed by atoms with E-state index in [0.717, 1.165) is 5.56 Å². The van der Waals surface area contributed by atoms with Crippen LogP contribution < -0.4 is 0 Å². The number of hydrogen-bond acceptors (Lipinski definition) is 1. The van der Waals surface area contributed by atoms with Crippen LogP contribution in [0.2, 0.25) is 0 Å². The van der Waals surface area contributed by atoms with Gasteiger partial charge < -0.3 is 5.11 Å². The third kappa shape index (κ3) is 3.35. The Hall–Kier alpha value is -1.38. The number of benzene rings is 1. The lowest BCUT2D eigenvalue weighted by atomic mass is 9.86. The third-order valence-corrected chi connectivity index (χ3v) is 2.48. The van der Waals surface area contributed by atoms with Crippen molar-refractivity contribution < 1.29 is 14.3 Å². The molecule has 0 aliphatic heterocycles. The van der Waals surface area contributed by atoms with E-state index in [0.29, 0.717) is 0 Å². The summed E-state index contributed by atoms with van der Waals surface area (Å²) in [5.74, 6) is -1.11. The second-order valence-corrected chi connectivity index (χ2v) is 4.00. The summed E-state index contributed by atoms with van der Waals surface area (Å²) in [6.07, 6.45) is 0.0428. The van der Waals surface area contributed by atoms with E-state index in [2.05, 4.69) is 0 Å². The minimum atomic E-state index is -0.849. The molecule has 1 atom stereocenters. The summed E-state index contributed by atoms with van der Waals surface area (Å²) in [6.45, 7) is 3.89. The molecule has 15 heavy (non-hydrogen) atoms. The zero-order valence-electron chi connectivity index (χ0n) is 8.90. The highest BCUT2D eigenvalue weighted by molar-refractivity contribution is 5.68. The molecule has 0 amide bonds. The monoisotopic (exact) mass is 210 g/mol. The molecule has 1 N–H and O–H groups in total. The van der Waals surface area contributed by atoms with E-state index in [1.807, 2.05) is 13.8 Å². The predicted octanol–water partition coefficient (Wildman–Crippen LogP) is 3.04. The van der Waals surface area contributed by atoms with Crippen molar-refractivity contribution in [3.63, 3.8) is 0 Å². The number of aliphatic carboxylic acids is 1. The van der Waals surface area contributed by atoms with Crippen molar-refractivity contribution in [2.75, 3.05) is 0 Å². The second kappa shape index (κ2) is 4.91. The predicted molar refractivity (Wildman–Crippen MR) is 56.2 cm³/mol. The van der Waals surface area contributed by atoms with Crippen LogP contribution in [0.25, 0.3) is 0 Å². The summed E-state index contributed by atoms with van der Waals surface area (Å²) in [5, 5.41) is 8.77. The fourth-order valence-electron chi connectivity index (χ4n) is 1.66. The molecule has 82 valence electrons. The lowest BCUT2D eigenvalue weighted by Gasteiger charge is -2.19. The number of rotatable bonds is 4. The van der Waals surface area contributed by atoms with Gasteiger partial charge in [-0.25, -0.2) is 4.39 Å². The van der Waals surface area contributed by atoms with Crippen LogP contribution in [0.15, 0.2) is 24.3 Å². The molecule has 0 fully saturated rings.